The van der Waals surface area contributed by atoms with Crippen LogP contribution in [0.3, 0.4) is 0 Å². The molecule has 2 atom stereocenters. The molecule has 0 radical (unpaired) electrons. The van der Waals surface area contributed by atoms with E-state index in [2.05, 4.69) is 46.5 Å². The zero-order valence-electron chi connectivity index (χ0n) is 12.0. The maximum Gasteiger partial charge on any atom is 0.0590 e. The molecule has 1 aromatic heterocycles. The molecule has 0 bridgehead atoms. The Labute approximate surface area is 120 Å². The van der Waals surface area contributed by atoms with Gasteiger partial charge in [0.05, 0.1) is 6.10 Å². The van der Waals surface area contributed by atoms with Crippen molar-refractivity contribution in [2.24, 2.45) is 0 Å². The van der Waals surface area contributed by atoms with E-state index in [1.807, 2.05) is 19.2 Å². The summed E-state index contributed by atoms with van der Waals surface area (Å²) in [4.78, 5) is 0. The normalized spacial score (nSPS) is 22.6. The standard InChI is InChI=1S/C17H22N2O/c1-20-17-9-5-7-15(13-17)18-14-6-4-8-16(12-14)19-10-2-3-11-19/h2-4,6,8,10-12,15,17-18H,5,7,9,13H2,1H3. The molecule has 1 fully saturated rings. The first kappa shape index (κ1) is 13.3. The Morgan fingerprint density at radius 2 is 2.00 bits per heavy atom. The first-order valence-electron chi connectivity index (χ1n) is 7.38. The molecule has 1 saturated carbocycles. The zero-order chi connectivity index (χ0) is 13.8. The predicted molar refractivity (Wildman–Crippen MR) is 82.4 cm³/mol. The minimum absolute atomic E-state index is 0.411. The van der Waals surface area contributed by atoms with E-state index in [1.165, 1.54) is 30.6 Å². The molecule has 2 aromatic rings. The third-order valence-electron chi connectivity index (χ3n) is 4.08. The third kappa shape index (κ3) is 3.05. The molecule has 2 unspecified atom stereocenters. The second-order valence-corrected chi connectivity index (χ2v) is 5.51. The van der Waals surface area contributed by atoms with Gasteiger partial charge in [-0.15, -0.1) is 0 Å². The second-order valence-electron chi connectivity index (χ2n) is 5.51. The van der Waals surface area contributed by atoms with Gasteiger partial charge in [-0.25, -0.2) is 0 Å². The molecule has 1 aliphatic rings. The van der Waals surface area contributed by atoms with E-state index in [4.69, 9.17) is 4.74 Å². The van der Waals surface area contributed by atoms with Gasteiger partial charge in [0.2, 0.25) is 0 Å². The largest absolute Gasteiger partial charge is 0.382 e. The molecule has 3 heteroatoms. The Bertz CT molecular complexity index is 536. The Kier molecular flexibility index (Phi) is 4.07. The first-order chi connectivity index (χ1) is 9.85. The van der Waals surface area contributed by atoms with Gasteiger partial charge in [0.1, 0.15) is 0 Å². The number of rotatable bonds is 4. The van der Waals surface area contributed by atoms with Crippen molar-refractivity contribution in [2.75, 3.05) is 12.4 Å². The van der Waals surface area contributed by atoms with E-state index >= 15 is 0 Å². The van der Waals surface area contributed by atoms with Crippen molar-refractivity contribution in [2.45, 2.75) is 37.8 Å². The monoisotopic (exact) mass is 270 g/mol. The van der Waals surface area contributed by atoms with Crippen molar-refractivity contribution >= 4 is 5.69 Å². The lowest BCUT2D eigenvalue weighted by Gasteiger charge is -2.29. The molecule has 0 aliphatic heterocycles. The Hall–Kier alpha value is -1.74. The van der Waals surface area contributed by atoms with Gasteiger partial charge in [0, 0.05) is 36.9 Å². The van der Waals surface area contributed by atoms with Gasteiger partial charge >= 0.3 is 0 Å². The number of nitrogens with zero attached hydrogens (tertiary/aromatic N) is 1. The quantitative estimate of drug-likeness (QED) is 0.913. The summed E-state index contributed by atoms with van der Waals surface area (Å²) < 4.78 is 7.63. The molecule has 1 aliphatic carbocycles. The molecule has 0 saturated heterocycles. The number of anilines is 1. The molecule has 3 nitrogen and oxygen atoms in total. The summed E-state index contributed by atoms with van der Waals surface area (Å²) in [5, 5.41) is 3.65. The predicted octanol–water partition coefficient (Wildman–Crippen LogP) is 3.85. The smallest absolute Gasteiger partial charge is 0.0590 e. The van der Waals surface area contributed by atoms with Gasteiger partial charge in [-0.2, -0.15) is 0 Å². The average Bonchev–Trinajstić information content (AvgIpc) is 3.02. The van der Waals surface area contributed by atoms with Crippen LogP contribution in [0.5, 0.6) is 0 Å². The summed E-state index contributed by atoms with van der Waals surface area (Å²) in [5.41, 5.74) is 2.39. The van der Waals surface area contributed by atoms with Gasteiger partial charge in [-0.3, -0.25) is 0 Å². The van der Waals surface area contributed by atoms with Crippen LogP contribution < -0.4 is 5.32 Å². The number of aromatic nitrogens is 1. The van der Waals surface area contributed by atoms with Crippen LogP contribution in [0.15, 0.2) is 48.8 Å². The van der Waals surface area contributed by atoms with Crippen molar-refractivity contribution in [3.63, 3.8) is 0 Å². The van der Waals surface area contributed by atoms with Crippen molar-refractivity contribution in [3.8, 4) is 5.69 Å². The summed E-state index contributed by atoms with van der Waals surface area (Å²) in [6, 6.07) is 13.2. The Morgan fingerprint density at radius 1 is 1.15 bits per heavy atom. The van der Waals surface area contributed by atoms with Crippen LogP contribution in [0.25, 0.3) is 5.69 Å². The molecule has 1 heterocycles. The fraction of sp³-hybridized carbons (Fsp3) is 0.412. The summed E-state index contributed by atoms with van der Waals surface area (Å²) in [7, 11) is 1.82. The fourth-order valence-electron chi connectivity index (χ4n) is 2.99. The van der Waals surface area contributed by atoms with E-state index < -0.39 is 0 Å². The van der Waals surface area contributed by atoms with Gasteiger partial charge in [0.15, 0.2) is 0 Å². The minimum atomic E-state index is 0.411. The minimum Gasteiger partial charge on any atom is -0.382 e. The molecule has 3 rings (SSSR count). The lowest BCUT2D eigenvalue weighted by molar-refractivity contribution is 0.0669. The highest BCUT2D eigenvalue weighted by Crippen LogP contribution is 2.24. The van der Waals surface area contributed by atoms with Crippen molar-refractivity contribution in [1.29, 1.82) is 0 Å². The maximum absolute atomic E-state index is 5.50. The second kappa shape index (κ2) is 6.14. The van der Waals surface area contributed by atoms with Gasteiger partial charge in [-0.05, 0) is 56.0 Å². The molecule has 20 heavy (non-hydrogen) atoms. The highest BCUT2D eigenvalue weighted by molar-refractivity contribution is 5.51. The number of nitrogens with one attached hydrogen (secondary N) is 1. The number of hydrogen-bond acceptors (Lipinski definition) is 2. The molecular formula is C17H22N2O. The van der Waals surface area contributed by atoms with E-state index in [0.29, 0.717) is 12.1 Å². The number of hydrogen-bond donors (Lipinski definition) is 1. The van der Waals surface area contributed by atoms with Gasteiger partial charge in [-0.1, -0.05) is 6.07 Å². The Morgan fingerprint density at radius 3 is 2.80 bits per heavy atom. The molecule has 0 spiro atoms. The Balaban J connectivity index is 1.70. The molecule has 1 N–H and O–H groups in total. The van der Waals surface area contributed by atoms with Crippen LogP contribution in [0.1, 0.15) is 25.7 Å². The van der Waals surface area contributed by atoms with Crippen LogP contribution in [0.2, 0.25) is 0 Å². The van der Waals surface area contributed by atoms with Crippen LogP contribution in [-0.4, -0.2) is 23.8 Å². The zero-order valence-corrected chi connectivity index (χ0v) is 12.0. The van der Waals surface area contributed by atoms with E-state index in [-0.39, 0.29) is 0 Å². The van der Waals surface area contributed by atoms with Crippen LogP contribution in [-0.2, 0) is 4.74 Å². The number of methoxy groups -OCH3 is 1. The van der Waals surface area contributed by atoms with E-state index in [9.17, 15) is 0 Å². The molecule has 0 amide bonds. The summed E-state index contributed by atoms with van der Waals surface area (Å²) >= 11 is 0. The van der Waals surface area contributed by atoms with Crippen molar-refractivity contribution in [3.05, 3.63) is 48.8 Å². The lowest BCUT2D eigenvalue weighted by atomic mass is 9.92. The maximum atomic E-state index is 5.50. The van der Waals surface area contributed by atoms with Crippen molar-refractivity contribution in [1.82, 2.24) is 4.57 Å². The lowest BCUT2D eigenvalue weighted by Crippen LogP contribution is -2.31. The summed E-state index contributed by atoms with van der Waals surface area (Å²) in [6.07, 6.45) is 9.32. The summed E-state index contributed by atoms with van der Waals surface area (Å²) in [5.74, 6) is 0. The molecular weight excluding hydrogens is 248 g/mol. The highest BCUT2D eigenvalue weighted by Gasteiger charge is 2.21. The molecule has 106 valence electrons. The van der Waals surface area contributed by atoms with Crippen LogP contribution >= 0.6 is 0 Å². The molecule has 1 aromatic carbocycles. The average molecular weight is 270 g/mol. The van der Waals surface area contributed by atoms with Crippen LogP contribution in [0.4, 0.5) is 5.69 Å². The van der Waals surface area contributed by atoms with Gasteiger partial charge < -0.3 is 14.6 Å². The van der Waals surface area contributed by atoms with E-state index in [0.717, 1.165) is 6.42 Å². The van der Waals surface area contributed by atoms with Crippen LogP contribution in [0, 0.1) is 0 Å². The number of benzene rings is 1. The summed E-state index contributed by atoms with van der Waals surface area (Å²) in [6.45, 7) is 0. The first-order valence-corrected chi connectivity index (χ1v) is 7.38. The van der Waals surface area contributed by atoms with Crippen molar-refractivity contribution < 1.29 is 4.74 Å². The van der Waals surface area contributed by atoms with E-state index in [1.54, 1.807) is 0 Å². The number of ether oxygens (including phenoxy) is 1. The van der Waals surface area contributed by atoms with Gasteiger partial charge in [0.25, 0.3) is 0 Å². The third-order valence-corrected chi connectivity index (χ3v) is 4.08. The topological polar surface area (TPSA) is 26.2 Å². The fourth-order valence-corrected chi connectivity index (χ4v) is 2.99. The highest BCUT2D eigenvalue weighted by atomic mass is 16.5. The SMILES string of the molecule is COC1CCCC(Nc2cccc(-n3cccc3)c2)C1.